The average Bonchev–Trinajstić information content (AvgIpc) is 2.27. The van der Waals surface area contributed by atoms with Gasteiger partial charge in [0.05, 0.1) is 6.54 Å². The van der Waals surface area contributed by atoms with Gasteiger partial charge < -0.3 is 9.64 Å². The summed E-state index contributed by atoms with van der Waals surface area (Å²) < 4.78 is 18.2. The molecule has 0 atom stereocenters. The highest BCUT2D eigenvalue weighted by Gasteiger charge is 2.12. The van der Waals surface area contributed by atoms with E-state index in [1.165, 1.54) is 12.1 Å². The molecule has 4 heteroatoms. The Labute approximate surface area is 101 Å². The van der Waals surface area contributed by atoms with Gasteiger partial charge in [0, 0.05) is 19.0 Å². The van der Waals surface area contributed by atoms with E-state index < -0.39 is 0 Å². The molecule has 1 rings (SSSR count). The summed E-state index contributed by atoms with van der Waals surface area (Å²) in [6.45, 7) is 4.56. The van der Waals surface area contributed by atoms with Crippen LogP contribution in [0.5, 0.6) is 5.75 Å². The van der Waals surface area contributed by atoms with E-state index in [1.54, 1.807) is 24.1 Å². The van der Waals surface area contributed by atoms with Gasteiger partial charge in [-0.25, -0.2) is 4.39 Å². The molecule has 0 spiro atoms. The topological polar surface area (TPSA) is 29.5 Å². The Balaban J connectivity index is 2.35. The van der Waals surface area contributed by atoms with E-state index in [0.717, 1.165) is 0 Å². The molecule has 0 aliphatic rings. The number of hydrogen-bond acceptors (Lipinski definition) is 2. The van der Waals surface area contributed by atoms with Gasteiger partial charge in [-0.1, -0.05) is 19.9 Å². The van der Waals surface area contributed by atoms with E-state index in [1.807, 2.05) is 13.8 Å². The smallest absolute Gasteiger partial charge is 0.224 e. The average molecular weight is 239 g/mol. The quantitative estimate of drug-likeness (QED) is 0.789. The SMILES string of the molecule is CC(C)C(=O)N(C)CCOc1cccc(F)c1. The predicted molar refractivity (Wildman–Crippen MR) is 64.4 cm³/mol. The van der Waals surface area contributed by atoms with Crippen LogP contribution in [0.2, 0.25) is 0 Å². The van der Waals surface area contributed by atoms with Crippen molar-refractivity contribution in [1.29, 1.82) is 0 Å². The fourth-order valence-electron chi connectivity index (χ4n) is 1.41. The molecule has 0 aromatic heterocycles. The van der Waals surface area contributed by atoms with Crippen LogP contribution in [0.3, 0.4) is 0 Å². The third kappa shape index (κ3) is 4.43. The van der Waals surface area contributed by atoms with Crippen LogP contribution in [0.25, 0.3) is 0 Å². The van der Waals surface area contributed by atoms with Crippen LogP contribution in [0, 0.1) is 11.7 Å². The van der Waals surface area contributed by atoms with Crippen LogP contribution in [0.15, 0.2) is 24.3 Å². The summed E-state index contributed by atoms with van der Waals surface area (Å²) in [5.41, 5.74) is 0. The molecule has 0 bridgehead atoms. The molecule has 1 amide bonds. The number of carbonyl (C=O) groups is 1. The molecule has 0 radical (unpaired) electrons. The molecule has 0 aliphatic carbocycles. The number of amides is 1. The molecule has 0 N–H and O–H groups in total. The van der Waals surface area contributed by atoms with E-state index in [-0.39, 0.29) is 17.6 Å². The fourth-order valence-corrected chi connectivity index (χ4v) is 1.41. The number of nitrogens with zero attached hydrogens (tertiary/aromatic N) is 1. The molecule has 0 heterocycles. The number of rotatable bonds is 5. The Morgan fingerprint density at radius 3 is 2.76 bits per heavy atom. The van der Waals surface area contributed by atoms with Crippen LogP contribution >= 0.6 is 0 Å². The maximum atomic E-state index is 12.8. The number of hydrogen-bond donors (Lipinski definition) is 0. The highest BCUT2D eigenvalue weighted by molar-refractivity contribution is 5.77. The first-order valence-corrected chi connectivity index (χ1v) is 5.64. The molecule has 1 aromatic carbocycles. The maximum absolute atomic E-state index is 12.8. The van der Waals surface area contributed by atoms with Crippen molar-refractivity contribution in [2.24, 2.45) is 5.92 Å². The first-order chi connectivity index (χ1) is 8.00. The van der Waals surface area contributed by atoms with Crippen molar-refractivity contribution >= 4 is 5.91 Å². The highest BCUT2D eigenvalue weighted by atomic mass is 19.1. The van der Waals surface area contributed by atoms with E-state index in [4.69, 9.17) is 4.74 Å². The lowest BCUT2D eigenvalue weighted by atomic mass is 10.2. The summed E-state index contributed by atoms with van der Waals surface area (Å²) in [5.74, 6) is 0.214. The molecule has 0 fully saturated rings. The van der Waals surface area contributed by atoms with Crippen molar-refractivity contribution in [2.45, 2.75) is 13.8 Å². The molecule has 0 unspecified atom stereocenters. The lowest BCUT2D eigenvalue weighted by Gasteiger charge is -2.19. The summed E-state index contributed by atoms with van der Waals surface area (Å²) in [4.78, 5) is 13.2. The van der Waals surface area contributed by atoms with Crippen molar-refractivity contribution in [2.75, 3.05) is 20.2 Å². The van der Waals surface area contributed by atoms with Crippen LogP contribution in [-0.2, 0) is 4.79 Å². The van der Waals surface area contributed by atoms with Gasteiger partial charge in [-0.3, -0.25) is 4.79 Å². The summed E-state index contributed by atoms with van der Waals surface area (Å²) in [7, 11) is 1.73. The highest BCUT2D eigenvalue weighted by Crippen LogP contribution is 2.11. The van der Waals surface area contributed by atoms with Crippen LogP contribution in [0.1, 0.15) is 13.8 Å². The molecule has 94 valence electrons. The summed E-state index contributed by atoms with van der Waals surface area (Å²) >= 11 is 0. The summed E-state index contributed by atoms with van der Waals surface area (Å²) in [5, 5.41) is 0. The lowest BCUT2D eigenvalue weighted by molar-refractivity contribution is -0.133. The maximum Gasteiger partial charge on any atom is 0.224 e. The van der Waals surface area contributed by atoms with E-state index in [0.29, 0.717) is 18.9 Å². The Morgan fingerprint density at radius 1 is 1.47 bits per heavy atom. The summed E-state index contributed by atoms with van der Waals surface area (Å²) in [6, 6.07) is 5.96. The minimum absolute atomic E-state index is 0.0193. The molecule has 0 aliphatic heterocycles. The molecular weight excluding hydrogens is 221 g/mol. The van der Waals surface area contributed by atoms with Crippen molar-refractivity contribution in [3.8, 4) is 5.75 Å². The predicted octanol–water partition coefficient (Wildman–Crippen LogP) is 2.32. The van der Waals surface area contributed by atoms with Gasteiger partial charge >= 0.3 is 0 Å². The largest absolute Gasteiger partial charge is 0.492 e. The Bertz CT molecular complexity index is 379. The molecule has 0 saturated carbocycles. The fraction of sp³-hybridized carbons (Fsp3) is 0.462. The van der Waals surface area contributed by atoms with Gasteiger partial charge in [-0.05, 0) is 12.1 Å². The van der Waals surface area contributed by atoms with Crippen LogP contribution in [-0.4, -0.2) is 31.0 Å². The second-order valence-electron chi connectivity index (χ2n) is 4.22. The van der Waals surface area contributed by atoms with Crippen molar-refractivity contribution in [3.05, 3.63) is 30.1 Å². The number of carbonyl (C=O) groups excluding carboxylic acids is 1. The van der Waals surface area contributed by atoms with Crippen molar-refractivity contribution in [1.82, 2.24) is 4.90 Å². The zero-order valence-corrected chi connectivity index (χ0v) is 10.4. The standard InChI is InChI=1S/C13H18FNO2/c1-10(2)13(16)15(3)7-8-17-12-6-4-5-11(14)9-12/h4-6,9-10H,7-8H2,1-3H3. The zero-order valence-electron chi connectivity index (χ0n) is 10.4. The third-order valence-corrected chi connectivity index (χ3v) is 2.36. The van der Waals surface area contributed by atoms with Gasteiger partial charge in [0.2, 0.25) is 5.91 Å². The minimum Gasteiger partial charge on any atom is -0.492 e. The minimum atomic E-state index is -0.325. The van der Waals surface area contributed by atoms with Crippen molar-refractivity contribution in [3.63, 3.8) is 0 Å². The van der Waals surface area contributed by atoms with Crippen molar-refractivity contribution < 1.29 is 13.9 Å². The normalized spacial score (nSPS) is 10.4. The van der Waals surface area contributed by atoms with Gasteiger partial charge in [-0.2, -0.15) is 0 Å². The second-order valence-corrected chi connectivity index (χ2v) is 4.22. The molecule has 1 aromatic rings. The van der Waals surface area contributed by atoms with Gasteiger partial charge in [-0.15, -0.1) is 0 Å². The number of ether oxygens (including phenoxy) is 1. The number of halogens is 1. The molecular formula is C13H18FNO2. The van der Waals surface area contributed by atoms with E-state index >= 15 is 0 Å². The Hall–Kier alpha value is -1.58. The lowest BCUT2D eigenvalue weighted by Crippen LogP contribution is -2.33. The zero-order chi connectivity index (χ0) is 12.8. The first-order valence-electron chi connectivity index (χ1n) is 5.64. The molecule has 0 saturated heterocycles. The van der Waals surface area contributed by atoms with Gasteiger partial charge in [0.15, 0.2) is 0 Å². The third-order valence-electron chi connectivity index (χ3n) is 2.36. The number of likely N-dealkylation sites (N-methyl/N-ethyl adjacent to an activating group) is 1. The first kappa shape index (κ1) is 13.5. The van der Waals surface area contributed by atoms with Gasteiger partial charge in [0.25, 0.3) is 0 Å². The monoisotopic (exact) mass is 239 g/mol. The van der Waals surface area contributed by atoms with Gasteiger partial charge in [0.1, 0.15) is 18.2 Å². The van der Waals surface area contributed by atoms with E-state index in [2.05, 4.69) is 0 Å². The molecule has 17 heavy (non-hydrogen) atoms. The number of benzene rings is 1. The second kappa shape index (κ2) is 6.23. The van der Waals surface area contributed by atoms with Crippen LogP contribution in [0.4, 0.5) is 4.39 Å². The molecule has 3 nitrogen and oxygen atoms in total. The van der Waals surface area contributed by atoms with E-state index in [9.17, 15) is 9.18 Å². The Kier molecular flexibility index (Phi) is 4.94. The summed E-state index contributed by atoms with van der Waals surface area (Å²) in [6.07, 6.45) is 0. The Morgan fingerprint density at radius 2 is 2.18 bits per heavy atom. The van der Waals surface area contributed by atoms with Crippen LogP contribution < -0.4 is 4.74 Å².